The molecule has 2 N–H and O–H groups in total. The Bertz CT molecular complexity index is 91.2. The number of hydrogen-bond donors (Lipinski definition) is 0. The molecular weight excluding hydrogens is 164 g/mol. The van der Waals surface area contributed by atoms with Gasteiger partial charge in [-0.25, -0.2) is 0 Å². The van der Waals surface area contributed by atoms with Crippen LogP contribution in [0.2, 0.25) is 0 Å². The molecule has 0 fully saturated rings. The molecule has 7 heavy (non-hydrogen) atoms. The first-order chi connectivity index (χ1) is 2.00. The monoisotopic (exact) mass is 166 g/mol. The molecule has 7 heteroatoms. The molecule has 0 rings (SSSR count). The van der Waals surface area contributed by atoms with Crippen molar-refractivity contribution in [1.82, 2.24) is 0 Å². The van der Waals surface area contributed by atoms with E-state index in [-0.39, 0.29) is 22.8 Å². The Morgan fingerprint density at radius 2 is 1.14 bits per heavy atom. The average Bonchev–Trinajstić information content (AvgIpc) is 0.722. The molecule has 0 unspecified atom stereocenters. The zero-order valence-electron chi connectivity index (χ0n) is 2.95. The molecule has 0 amide bonds. The molecule has 0 aliphatic carbocycles. The van der Waals surface area contributed by atoms with E-state index in [1.165, 1.54) is 0 Å². The quantitative estimate of drug-likeness (QED) is 0.301. The third-order valence-electron chi connectivity index (χ3n) is 0. The van der Waals surface area contributed by atoms with Crippen LogP contribution in [-0.2, 0) is 27.8 Å². The van der Waals surface area contributed by atoms with E-state index in [0.717, 1.165) is 0 Å². The fourth-order valence-electron chi connectivity index (χ4n) is 0. The van der Waals surface area contributed by atoms with E-state index in [4.69, 9.17) is 17.5 Å². The van der Waals surface area contributed by atoms with Gasteiger partial charge >= 0.3 is 17.4 Å². The van der Waals surface area contributed by atoms with Crippen LogP contribution in [0.3, 0.4) is 0 Å². The molecule has 0 aromatic carbocycles. The molecule has 0 atom stereocenters. The maximum Gasteiger partial charge on any atom is 2.00 e. The first-order valence-corrected chi connectivity index (χ1v) is 2.00. The van der Waals surface area contributed by atoms with Crippen molar-refractivity contribution in [3.63, 3.8) is 0 Å². The molecule has 0 bridgehead atoms. The Kier molecular flexibility index (Phi) is 10.1. The second kappa shape index (κ2) is 4.52. The topological polar surface area (TPSA) is 112 Å². The molecule has 0 saturated heterocycles. The summed E-state index contributed by atoms with van der Waals surface area (Å²) in [5, 5.41) is 0. The van der Waals surface area contributed by atoms with Gasteiger partial charge in [-0.2, -0.15) is 0 Å². The second-order valence-electron chi connectivity index (χ2n) is 0.408. The van der Waals surface area contributed by atoms with E-state index in [1.54, 1.807) is 0 Å². The van der Waals surface area contributed by atoms with Crippen LogP contribution < -0.4 is 0 Å². The molecule has 0 heterocycles. The molecule has 5 nitrogen and oxygen atoms in total. The van der Waals surface area contributed by atoms with Gasteiger partial charge in [-0.15, -0.1) is 0 Å². The minimum absolute atomic E-state index is 0. The van der Waals surface area contributed by atoms with Gasteiger partial charge in [0.15, 0.2) is 0 Å². The van der Waals surface area contributed by atoms with Gasteiger partial charge in [-0.3, -0.25) is 8.42 Å². The SMILES string of the molecule is O.O=S(=O)([O-])[O-].[Cr+2]. The van der Waals surface area contributed by atoms with Crippen LogP contribution in [0.5, 0.6) is 0 Å². The van der Waals surface area contributed by atoms with Gasteiger partial charge in [0.25, 0.3) is 0 Å². The fraction of sp³-hybridized carbons (Fsp3) is 0. The summed E-state index contributed by atoms with van der Waals surface area (Å²) in [4.78, 5) is 0. The van der Waals surface area contributed by atoms with Crippen LogP contribution in [-0.4, -0.2) is 23.0 Å². The van der Waals surface area contributed by atoms with E-state index < -0.39 is 10.4 Å². The van der Waals surface area contributed by atoms with E-state index in [2.05, 4.69) is 0 Å². The van der Waals surface area contributed by atoms with Gasteiger partial charge in [0, 0.05) is 10.4 Å². The minimum Gasteiger partial charge on any atom is -0.759 e. The summed E-state index contributed by atoms with van der Waals surface area (Å²) in [7, 11) is -5.17. The summed E-state index contributed by atoms with van der Waals surface area (Å²) in [5.74, 6) is 0. The summed E-state index contributed by atoms with van der Waals surface area (Å²) in [6.45, 7) is 0. The standard InChI is InChI=1S/Cr.H2O4S.H2O/c;1-5(2,3)4;/h;(H2,1,2,3,4);1H2/q+2;;/p-2. The predicted octanol–water partition coefficient (Wildman–Crippen LogP) is -2.17. The zero-order chi connectivity index (χ0) is 4.50. The van der Waals surface area contributed by atoms with Crippen molar-refractivity contribution < 1.29 is 40.4 Å². The van der Waals surface area contributed by atoms with Crippen molar-refractivity contribution in [2.45, 2.75) is 0 Å². The van der Waals surface area contributed by atoms with Crippen LogP contribution in [0.15, 0.2) is 0 Å². The number of rotatable bonds is 0. The van der Waals surface area contributed by atoms with Crippen molar-refractivity contribution in [2.24, 2.45) is 0 Å². The number of hydrogen-bond acceptors (Lipinski definition) is 4. The van der Waals surface area contributed by atoms with Gasteiger partial charge in [0.1, 0.15) is 0 Å². The van der Waals surface area contributed by atoms with Crippen LogP contribution in [0.1, 0.15) is 0 Å². The second-order valence-corrected chi connectivity index (χ2v) is 1.22. The van der Waals surface area contributed by atoms with Gasteiger partial charge in [-0.1, -0.05) is 0 Å². The fourth-order valence-corrected chi connectivity index (χ4v) is 0. The smallest absolute Gasteiger partial charge is 0.759 e. The summed E-state index contributed by atoms with van der Waals surface area (Å²) in [6.07, 6.45) is 0. The molecule has 0 aliphatic heterocycles. The van der Waals surface area contributed by atoms with Crippen LogP contribution in [0, 0.1) is 0 Å². The normalized spacial score (nSPS) is 8.29. The minimum atomic E-state index is -5.17. The molecule has 0 aromatic heterocycles. The van der Waals surface area contributed by atoms with Crippen molar-refractivity contribution >= 4 is 10.4 Å². The maximum atomic E-state index is 8.52. The molecule has 0 spiro atoms. The molecule has 0 radical (unpaired) electrons. The Balaban J connectivity index is -0.0000000800. The van der Waals surface area contributed by atoms with Gasteiger partial charge in [0.05, 0.1) is 0 Å². The summed E-state index contributed by atoms with van der Waals surface area (Å²) in [5.41, 5.74) is 0. The van der Waals surface area contributed by atoms with Crippen molar-refractivity contribution in [1.29, 1.82) is 0 Å². The molecule has 0 saturated carbocycles. The zero-order valence-corrected chi connectivity index (χ0v) is 5.04. The molecular formula is H2CrO5S. The predicted molar refractivity (Wildman–Crippen MR) is 14.1 cm³/mol. The first-order valence-electron chi connectivity index (χ1n) is 0.667. The average molecular weight is 166 g/mol. The Labute approximate surface area is 51.4 Å². The molecule has 0 aromatic rings. The van der Waals surface area contributed by atoms with Crippen LogP contribution in [0.25, 0.3) is 0 Å². The molecule has 0 aliphatic rings. The third kappa shape index (κ3) is 922. The maximum absolute atomic E-state index is 8.52. The first kappa shape index (κ1) is 15.7. The summed E-state index contributed by atoms with van der Waals surface area (Å²) >= 11 is 0. The summed E-state index contributed by atoms with van der Waals surface area (Å²) in [6, 6.07) is 0. The van der Waals surface area contributed by atoms with Gasteiger partial charge in [0.2, 0.25) is 0 Å². The van der Waals surface area contributed by atoms with Crippen LogP contribution >= 0.6 is 0 Å². The van der Waals surface area contributed by atoms with Gasteiger partial charge in [-0.05, 0) is 0 Å². The van der Waals surface area contributed by atoms with Crippen molar-refractivity contribution in [3.8, 4) is 0 Å². The van der Waals surface area contributed by atoms with Crippen molar-refractivity contribution in [2.75, 3.05) is 0 Å². The molecule has 44 valence electrons. The Hall–Kier alpha value is 0.362. The van der Waals surface area contributed by atoms with E-state index in [1.807, 2.05) is 0 Å². The van der Waals surface area contributed by atoms with Crippen LogP contribution in [0.4, 0.5) is 0 Å². The van der Waals surface area contributed by atoms with Crippen molar-refractivity contribution in [3.05, 3.63) is 0 Å². The van der Waals surface area contributed by atoms with E-state index >= 15 is 0 Å². The van der Waals surface area contributed by atoms with E-state index in [9.17, 15) is 0 Å². The van der Waals surface area contributed by atoms with Gasteiger partial charge < -0.3 is 14.6 Å². The third-order valence-corrected chi connectivity index (χ3v) is 0. The Morgan fingerprint density at radius 3 is 1.14 bits per heavy atom. The Morgan fingerprint density at radius 1 is 1.14 bits per heavy atom. The largest absolute Gasteiger partial charge is 2.00 e. The summed E-state index contributed by atoms with van der Waals surface area (Å²) < 4.78 is 34.1. The van der Waals surface area contributed by atoms with E-state index in [0.29, 0.717) is 0 Å².